The molecule has 27 heavy (non-hydrogen) atoms. The summed E-state index contributed by atoms with van der Waals surface area (Å²) in [6.45, 7) is 0. The van der Waals surface area contributed by atoms with Crippen LogP contribution in [0.1, 0.15) is 18.5 Å². The minimum atomic E-state index is -3.84. The van der Waals surface area contributed by atoms with Crippen molar-refractivity contribution in [2.45, 2.75) is 24.2 Å². The van der Waals surface area contributed by atoms with Gasteiger partial charge in [-0.25, -0.2) is 13.1 Å². The SMILES string of the molecule is O=S(=O)(Nc1cc(CC2CC2)nn1-c1ccccc1)c1cc(Cl)ccc1Br. The smallest absolute Gasteiger partial charge is 0.263 e. The number of halogens is 2. The number of benzene rings is 2. The molecule has 2 aromatic carbocycles. The number of rotatable bonds is 6. The van der Waals surface area contributed by atoms with Crippen LogP contribution in [0.15, 0.2) is 64.0 Å². The second-order valence-electron chi connectivity index (χ2n) is 6.60. The fourth-order valence-corrected chi connectivity index (χ4v) is 5.12. The van der Waals surface area contributed by atoms with Gasteiger partial charge < -0.3 is 0 Å². The molecule has 3 aromatic rings. The number of anilines is 1. The number of nitrogens with zero attached hydrogens (tertiary/aromatic N) is 2. The van der Waals surface area contributed by atoms with Crippen LogP contribution in [0.25, 0.3) is 5.69 Å². The first-order chi connectivity index (χ1) is 12.9. The highest BCUT2D eigenvalue weighted by Crippen LogP contribution is 2.34. The van der Waals surface area contributed by atoms with Crippen molar-refractivity contribution in [3.63, 3.8) is 0 Å². The molecule has 1 fully saturated rings. The molecule has 0 aliphatic heterocycles. The summed E-state index contributed by atoms with van der Waals surface area (Å²) >= 11 is 9.28. The van der Waals surface area contributed by atoms with Gasteiger partial charge in [0.1, 0.15) is 10.7 Å². The quantitative estimate of drug-likeness (QED) is 0.553. The normalized spacial score (nSPS) is 14.3. The molecule has 0 radical (unpaired) electrons. The van der Waals surface area contributed by atoms with E-state index < -0.39 is 10.0 Å². The molecule has 1 aliphatic rings. The molecule has 0 saturated heterocycles. The van der Waals surface area contributed by atoms with E-state index in [-0.39, 0.29) is 4.90 Å². The number of para-hydroxylation sites is 1. The molecule has 0 atom stereocenters. The maximum atomic E-state index is 13.0. The molecule has 1 aromatic heterocycles. The zero-order chi connectivity index (χ0) is 19.0. The molecule has 1 heterocycles. The van der Waals surface area contributed by atoms with Crippen molar-refractivity contribution in [3.8, 4) is 5.69 Å². The van der Waals surface area contributed by atoms with Crippen LogP contribution in [0.4, 0.5) is 5.82 Å². The molecular weight excluding hydrogens is 450 g/mol. The van der Waals surface area contributed by atoms with Crippen molar-refractivity contribution in [1.82, 2.24) is 9.78 Å². The van der Waals surface area contributed by atoms with Crippen LogP contribution < -0.4 is 4.72 Å². The van der Waals surface area contributed by atoms with Gasteiger partial charge in [-0.2, -0.15) is 5.10 Å². The fourth-order valence-electron chi connectivity index (χ4n) is 2.86. The highest BCUT2D eigenvalue weighted by Gasteiger charge is 2.25. The van der Waals surface area contributed by atoms with E-state index in [0.29, 0.717) is 21.2 Å². The van der Waals surface area contributed by atoms with Crippen LogP contribution in [0.2, 0.25) is 5.02 Å². The maximum absolute atomic E-state index is 13.0. The summed E-state index contributed by atoms with van der Waals surface area (Å²) in [6.07, 6.45) is 3.26. The summed E-state index contributed by atoms with van der Waals surface area (Å²) in [4.78, 5) is 0.0829. The Hall–Kier alpha value is -1.83. The summed E-state index contributed by atoms with van der Waals surface area (Å²) in [6, 6.07) is 15.9. The zero-order valence-electron chi connectivity index (χ0n) is 14.3. The Bertz CT molecular complexity index is 1080. The average molecular weight is 467 g/mol. The Morgan fingerprint density at radius 1 is 1.15 bits per heavy atom. The number of sulfonamides is 1. The third-order valence-corrected chi connectivity index (χ3v) is 6.96. The lowest BCUT2D eigenvalue weighted by molar-refractivity contribution is 0.600. The third-order valence-electron chi connectivity index (χ3n) is 4.38. The molecule has 8 heteroatoms. The molecule has 0 spiro atoms. The van der Waals surface area contributed by atoms with E-state index in [1.165, 1.54) is 18.9 Å². The summed E-state index contributed by atoms with van der Waals surface area (Å²) in [5.41, 5.74) is 1.67. The van der Waals surface area contributed by atoms with Crippen molar-refractivity contribution < 1.29 is 8.42 Å². The Kier molecular flexibility index (Phi) is 5.01. The van der Waals surface area contributed by atoms with Crippen LogP contribution >= 0.6 is 27.5 Å². The van der Waals surface area contributed by atoms with E-state index >= 15 is 0 Å². The second-order valence-corrected chi connectivity index (χ2v) is 9.54. The van der Waals surface area contributed by atoms with Crippen molar-refractivity contribution in [2.24, 2.45) is 5.92 Å². The van der Waals surface area contributed by atoms with Gasteiger partial charge in [-0.05, 0) is 71.4 Å². The predicted octanol–water partition coefficient (Wildman–Crippen LogP) is 5.04. The molecule has 0 bridgehead atoms. The van der Waals surface area contributed by atoms with Crippen LogP contribution in [-0.2, 0) is 16.4 Å². The minimum Gasteiger partial charge on any atom is -0.263 e. The van der Waals surface area contributed by atoms with Crippen LogP contribution in [0.5, 0.6) is 0 Å². The number of hydrogen-bond donors (Lipinski definition) is 1. The first-order valence-electron chi connectivity index (χ1n) is 8.54. The van der Waals surface area contributed by atoms with Crippen LogP contribution in [0, 0.1) is 5.92 Å². The van der Waals surface area contributed by atoms with E-state index in [2.05, 4.69) is 25.8 Å². The van der Waals surface area contributed by atoms with E-state index in [1.54, 1.807) is 22.9 Å². The molecular formula is C19H17BrClN3O2S. The maximum Gasteiger partial charge on any atom is 0.264 e. The third kappa shape index (κ3) is 4.20. The lowest BCUT2D eigenvalue weighted by atomic mass is 10.2. The lowest BCUT2D eigenvalue weighted by Gasteiger charge is -2.12. The van der Waals surface area contributed by atoms with Gasteiger partial charge in [-0.3, -0.25) is 4.72 Å². The molecule has 1 aliphatic carbocycles. The van der Waals surface area contributed by atoms with E-state index in [9.17, 15) is 8.42 Å². The van der Waals surface area contributed by atoms with Crippen molar-refractivity contribution in [3.05, 3.63) is 69.8 Å². The Balaban J connectivity index is 1.73. The monoisotopic (exact) mass is 465 g/mol. The topological polar surface area (TPSA) is 64.0 Å². The molecule has 0 amide bonds. The summed E-state index contributed by atoms with van der Waals surface area (Å²) in [5.74, 6) is 1.05. The molecule has 5 nitrogen and oxygen atoms in total. The van der Waals surface area contributed by atoms with E-state index in [0.717, 1.165) is 17.8 Å². The second kappa shape index (κ2) is 7.30. The number of hydrogen-bond acceptors (Lipinski definition) is 3. The Morgan fingerprint density at radius 2 is 1.89 bits per heavy atom. The molecule has 1 saturated carbocycles. The molecule has 0 unspecified atom stereocenters. The first kappa shape index (κ1) is 18.5. The van der Waals surface area contributed by atoms with Gasteiger partial charge in [0, 0.05) is 15.6 Å². The highest BCUT2D eigenvalue weighted by molar-refractivity contribution is 9.10. The van der Waals surface area contributed by atoms with Crippen LogP contribution in [-0.4, -0.2) is 18.2 Å². The Morgan fingerprint density at radius 3 is 2.59 bits per heavy atom. The van der Waals surface area contributed by atoms with E-state index in [4.69, 9.17) is 11.6 Å². The molecule has 140 valence electrons. The van der Waals surface area contributed by atoms with Gasteiger partial charge in [0.05, 0.1) is 11.4 Å². The van der Waals surface area contributed by atoms with Crippen LogP contribution in [0.3, 0.4) is 0 Å². The Labute approximate surface area is 171 Å². The summed E-state index contributed by atoms with van der Waals surface area (Å²) < 4.78 is 30.7. The van der Waals surface area contributed by atoms with Gasteiger partial charge in [0.15, 0.2) is 0 Å². The zero-order valence-corrected chi connectivity index (χ0v) is 17.4. The summed E-state index contributed by atoms with van der Waals surface area (Å²) in [5, 5.41) is 4.98. The van der Waals surface area contributed by atoms with Crippen molar-refractivity contribution in [1.29, 1.82) is 0 Å². The predicted molar refractivity (Wildman–Crippen MR) is 110 cm³/mol. The molecule has 1 N–H and O–H groups in total. The van der Waals surface area contributed by atoms with Gasteiger partial charge in [0.2, 0.25) is 0 Å². The van der Waals surface area contributed by atoms with Crippen molar-refractivity contribution >= 4 is 43.4 Å². The fraction of sp³-hybridized carbons (Fsp3) is 0.211. The van der Waals surface area contributed by atoms with E-state index in [1.807, 2.05) is 30.3 Å². The molecule has 4 rings (SSSR count). The van der Waals surface area contributed by atoms with Gasteiger partial charge in [-0.15, -0.1) is 0 Å². The first-order valence-corrected chi connectivity index (χ1v) is 11.2. The van der Waals surface area contributed by atoms with Gasteiger partial charge >= 0.3 is 0 Å². The largest absolute Gasteiger partial charge is 0.264 e. The summed E-state index contributed by atoms with van der Waals surface area (Å²) in [7, 11) is -3.84. The lowest BCUT2D eigenvalue weighted by Crippen LogP contribution is -2.16. The number of nitrogens with one attached hydrogen (secondary N) is 1. The van der Waals surface area contributed by atoms with Gasteiger partial charge in [-0.1, -0.05) is 29.8 Å². The minimum absolute atomic E-state index is 0.0829. The highest BCUT2D eigenvalue weighted by atomic mass is 79.9. The number of aromatic nitrogens is 2. The van der Waals surface area contributed by atoms with Gasteiger partial charge in [0.25, 0.3) is 10.0 Å². The average Bonchev–Trinajstić information content (AvgIpc) is 3.37. The van der Waals surface area contributed by atoms with Crippen molar-refractivity contribution in [2.75, 3.05) is 4.72 Å². The standard InChI is InChI=1S/C19H17BrClN3O2S/c20-17-9-8-14(21)11-18(17)27(25,26)23-19-12-15(10-13-6-7-13)22-24(19)16-4-2-1-3-5-16/h1-5,8-9,11-13,23H,6-7,10H2.